The van der Waals surface area contributed by atoms with Gasteiger partial charge in [0.1, 0.15) is 5.82 Å². The maximum Gasteiger partial charge on any atom is 0.280 e. The normalized spacial score (nSPS) is 13.8. The Kier molecular flexibility index (Phi) is 5.27. The number of benzene rings is 2. The summed E-state index contributed by atoms with van der Waals surface area (Å²) in [6.45, 7) is 0. The molecule has 1 fully saturated rings. The molecule has 0 radical (unpaired) electrons. The van der Waals surface area contributed by atoms with Crippen LogP contribution in [0.1, 0.15) is 41.4 Å². The minimum atomic E-state index is -0.373. The molecule has 7 nitrogen and oxygen atoms in total. The molecule has 0 bridgehead atoms. The molecule has 1 aliphatic carbocycles. The van der Waals surface area contributed by atoms with Gasteiger partial charge in [-0.15, -0.1) is 0 Å². The van der Waals surface area contributed by atoms with Crippen LogP contribution in [0.2, 0.25) is 0 Å². The first-order chi connectivity index (χ1) is 14.0. The van der Waals surface area contributed by atoms with Crippen LogP contribution in [0.25, 0.3) is 10.9 Å². The Morgan fingerprint density at radius 3 is 2.38 bits per heavy atom. The van der Waals surface area contributed by atoms with Crippen molar-refractivity contribution in [2.75, 3.05) is 19.6 Å². The molecule has 1 N–H and O–H groups in total. The first kappa shape index (κ1) is 19.4. The van der Waals surface area contributed by atoms with Gasteiger partial charge in [0.25, 0.3) is 11.5 Å². The molecule has 8 heteroatoms. The maximum atomic E-state index is 13.3. The number of carbonyl (C=O) groups is 1. The lowest BCUT2D eigenvalue weighted by Gasteiger charge is -2.27. The summed E-state index contributed by atoms with van der Waals surface area (Å²) in [5, 5.41) is 0.349. The minimum absolute atomic E-state index is 0.130. The molecule has 0 saturated heterocycles. The highest BCUT2D eigenvalue weighted by Crippen LogP contribution is 2.36. The molecular formula is C21H20BrN3O4. The first-order valence-electron chi connectivity index (χ1n) is 9.27. The minimum Gasteiger partial charge on any atom is -0.493 e. The molecule has 1 amide bonds. The van der Waals surface area contributed by atoms with Crippen molar-refractivity contribution in [1.82, 2.24) is 9.66 Å². The molecule has 0 unspecified atom stereocenters. The summed E-state index contributed by atoms with van der Waals surface area (Å²) >= 11 is 3.35. The average molecular weight is 458 g/mol. The summed E-state index contributed by atoms with van der Waals surface area (Å²) in [5.74, 6) is 1.25. The number of nitrogens with zero attached hydrogens (tertiary/aromatic N) is 2. The van der Waals surface area contributed by atoms with Crippen molar-refractivity contribution in [2.24, 2.45) is 0 Å². The second-order valence-electron chi connectivity index (χ2n) is 6.91. The van der Waals surface area contributed by atoms with Crippen LogP contribution in [0.4, 0.5) is 0 Å². The zero-order valence-corrected chi connectivity index (χ0v) is 17.7. The predicted molar refractivity (Wildman–Crippen MR) is 114 cm³/mol. The Labute approximate surface area is 175 Å². The first-order valence-corrected chi connectivity index (χ1v) is 10.1. The lowest BCUT2D eigenvalue weighted by molar-refractivity contribution is 0.100. The summed E-state index contributed by atoms with van der Waals surface area (Å²) < 4.78 is 12.8. The van der Waals surface area contributed by atoms with E-state index in [0.717, 1.165) is 23.7 Å². The van der Waals surface area contributed by atoms with Crippen molar-refractivity contribution in [3.05, 3.63) is 62.6 Å². The van der Waals surface area contributed by atoms with Crippen molar-refractivity contribution < 1.29 is 14.3 Å². The summed E-state index contributed by atoms with van der Waals surface area (Å²) in [7, 11) is 3.05. The van der Waals surface area contributed by atoms with E-state index in [0.29, 0.717) is 33.8 Å². The Morgan fingerprint density at radius 2 is 1.79 bits per heavy atom. The molecule has 4 rings (SSSR count). The van der Waals surface area contributed by atoms with E-state index >= 15 is 0 Å². The van der Waals surface area contributed by atoms with Crippen LogP contribution in [-0.4, -0.2) is 29.8 Å². The van der Waals surface area contributed by atoms with E-state index in [4.69, 9.17) is 14.5 Å². The molecule has 1 saturated carbocycles. The number of nitrogens with one attached hydrogen (secondary N) is 1. The standard InChI is InChI=1S/C21H20BrN3O4/c1-28-17-10-15-16(11-18(17)29-2)23-19(12-4-3-5-12)25(21(15)27)24-20(26)13-6-8-14(22)9-7-13/h6-12H,3-5H2,1-2H3,(H,24,26). The lowest BCUT2D eigenvalue weighted by Crippen LogP contribution is -2.38. The highest BCUT2D eigenvalue weighted by Gasteiger charge is 2.27. The van der Waals surface area contributed by atoms with Gasteiger partial charge in [-0.05, 0) is 43.2 Å². The van der Waals surface area contributed by atoms with Gasteiger partial charge < -0.3 is 9.47 Å². The summed E-state index contributed by atoms with van der Waals surface area (Å²) in [5.41, 5.74) is 3.36. The van der Waals surface area contributed by atoms with Crippen molar-refractivity contribution >= 4 is 32.7 Å². The molecule has 0 atom stereocenters. The largest absolute Gasteiger partial charge is 0.493 e. The number of amides is 1. The Balaban J connectivity index is 1.84. The van der Waals surface area contributed by atoms with Gasteiger partial charge in [0.15, 0.2) is 11.5 Å². The molecule has 150 valence electrons. The Bertz CT molecular complexity index is 1140. The smallest absolute Gasteiger partial charge is 0.280 e. The van der Waals surface area contributed by atoms with Crippen LogP contribution in [0.3, 0.4) is 0 Å². The highest BCUT2D eigenvalue weighted by atomic mass is 79.9. The molecule has 0 spiro atoms. The summed E-state index contributed by atoms with van der Waals surface area (Å²) in [6, 6.07) is 10.2. The van der Waals surface area contributed by atoms with Crippen molar-refractivity contribution in [3.8, 4) is 11.5 Å². The quantitative estimate of drug-likeness (QED) is 0.629. The van der Waals surface area contributed by atoms with Crippen LogP contribution in [0.15, 0.2) is 45.7 Å². The molecule has 1 aliphatic rings. The van der Waals surface area contributed by atoms with E-state index in [2.05, 4.69) is 21.4 Å². The third kappa shape index (κ3) is 3.60. The monoisotopic (exact) mass is 457 g/mol. The average Bonchev–Trinajstić information content (AvgIpc) is 2.69. The van der Waals surface area contributed by atoms with Crippen LogP contribution in [0.5, 0.6) is 11.5 Å². The highest BCUT2D eigenvalue weighted by molar-refractivity contribution is 9.10. The second kappa shape index (κ2) is 7.87. The zero-order chi connectivity index (χ0) is 20.5. The number of fused-ring (bicyclic) bond motifs is 1. The molecule has 0 aliphatic heterocycles. The van der Waals surface area contributed by atoms with Crippen LogP contribution < -0.4 is 20.5 Å². The number of ether oxygens (including phenoxy) is 2. The molecule has 1 aromatic heterocycles. The SMILES string of the molecule is COc1cc2nc(C3CCC3)n(NC(=O)c3ccc(Br)cc3)c(=O)c2cc1OC. The van der Waals surface area contributed by atoms with Crippen LogP contribution in [0, 0.1) is 0 Å². The Hall–Kier alpha value is -2.87. The number of hydrogen-bond donors (Lipinski definition) is 1. The van der Waals surface area contributed by atoms with Gasteiger partial charge in [0, 0.05) is 22.0 Å². The van der Waals surface area contributed by atoms with Crippen LogP contribution >= 0.6 is 15.9 Å². The van der Waals surface area contributed by atoms with E-state index in [1.165, 1.54) is 18.9 Å². The van der Waals surface area contributed by atoms with Gasteiger partial charge in [-0.2, -0.15) is 0 Å². The number of hydrogen-bond acceptors (Lipinski definition) is 5. The van der Waals surface area contributed by atoms with Crippen molar-refractivity contribution in [2.45, 2.75) is 25.2 Å². The van der Waals surface area contributed by atoms with Gasteiger partial charge in [0.05, 0.1) is 25.1 Å². The molecule has 29 heavy (non-hydrogen) atoms. The third-order valence-electron chi connectivity index (χ3n) is 5.19. The summed E-state index contributed by atoms with van der Waals surface area (Å²) in [4.78, 5) is 30.8. The van der Waals surface area contributed by atoms with Gasteiger partial charge in [-0.3, -0.25) is 15.0 Å². The fraction of sp³-hybridized carbons (Fsp3) is 0.286. The molecular weight excluding hydrogens is 438 g/mol. The topological polar surface area (TPSA) is 82.5 Å². The van der Waals surface area contributed by atoms with Crippen molar-refractivity contribution in [3.63, 3.8) is 0 Å². The van der Waals surface area contributed by atoms with Gasteiger partial charge >= 0.3 is 0 Å². The zero-order valence-electron chi connectivity index (χ0n) is 16.1. The second-order valence-corrected chi connectivity index (χ2v) is 7.83. The van der Waals surface area contributed by atoms with Crippen LogP contribution in [-0.2, 0) is 0 Å². The summed E-state index contributed by atoms with van der Waals surface area (Å²) in [6.07, 6.45) is 2.93. The molecule has 1 heterocycles. The number of carbonyl (C=O) groups excluding carboxylic acids is 1. The van der Waals surface area contributed by atoms with E-state index in [1.807, 2.05) is 0 Å². The van der Waals surface area contributed by atoms with E-state index < -0.39 is 0 Å². The molecule has 3 aromatic rings. The van der Waals surface area contributed by atoms with Gasteiger partial charge in [0.2, 0.25) is 0 Å². The number of halogens is 1. The third-order valence-corrected chi connectivity index (χ3v) is 5.72. The number of methoxy groups -OCH3 is 2. The molecule has 2 aromatic carbocycles. The van der Waals surface area contributed by atoms with Gasteiger partial charge in [-0.25, -0.2) is 9.66 Å². The van der Waals surface area contributed by atoms with Gasteiger partial charge in [-0.1, -0.05) is 22.4 Å². The van der Waals surface area contributed by atoms with E-state index in [-0.39, 0.29) is 17.4 Å². The number of aromatic nitrogens is 2. The van der Waals surface area contributed by atoms with Crippen molar-refractivity contribution in [1.29, 1.82) is 0 Å². The fourth-order valence-electron chi connectivity index (χ4n) is 3.35. The van der Waals surface area contributed by atoms with E-state index in [9.17, 15) is 9.59 Å². The predicted octanol–water partition coefficient (Wildman–Crippen LogP) is 3.83. The maximum absolute atomic E-state index is 13.3. The number of rotatable bonds is 5. The fourth-order valence-corrected chi connectivity index (χ4v) is 3.61. The lowest BCUT2D eigenvalue weighted by atomic mass is 9.84. The Morgan fingerprint density at radius 1 is 1.14 bits per heavy atom. The van der Waals surface area contributed by atoms with E-state index in [1.54, 1.807) is 36.4 Å².